The average Bonchev–Trinajstić information content (AvgIpc) is 2.78. The first-order valence-electron chi connectivity index (χ1n) is 9.18. The zero-order chi connectivity index (χ0) is 16.3. The highest BCUT2D eigenvalue weighted by atomic mass is 35.5. The van der Waals surface area contributed by atoms with E-state index in [2.05, 4.69) is 17.1 Å². The van der Waals surface area contributed by atoms with Gasteiger partial charge < -0.3 is 10.2 Å². The highest BCUT2D eigenvalue weighted by molar-refractivity contribution is 7.86. The van der Waals surface area contributed by atoms with Crippen molar-refractivity contribution >= 4 is 22.6 Å². The standard InChI is InChI=1S/C16H32N4O2S.ClH/c1-16(6-7-17-14-16)15-18-10-12-20(13-11-18)23(21,22)19-8-4-2-3-5-9-19;/h17H,2-15H2,1H3;1H. The van der Waals surface area contributed by atoms with E-state index in [1.807, 2.05) is 0 Å². The van der Waals surface area contributed by atoms with Gasteiger partial charge in [-0.15, -0.1) is 12.4 Å². The Morgan fingerprint density at radius 2 is 1.50 bits per heavy atom. The molecule has 0 aromatic rings. The second-order valence-corrected chi connectivity index (χ2v) is 9.66. The van der Waals surface area contributed by atoms with E-state index in [0.717, 1.165) is 58.4 Å². The molecular formula is C16H33ClN4O2S. The van der Waals surface area contributed by atoms with Gasteiger partial charge in [0.2, 0.25) is 0 Å². The van der Waals surface area contributed by atoms with Gasteiger partial charge in [0, 0.05) is 52.4 Å². The molecule has 0 radical (unpaired) electrons. The van der Waals surface area contributed by atoms with Crippen LogP contribution >= 0.6 is 12.4 Å². The molecule has 0 spiro atoms. The van der Waals surface area contributed by atoms with Gasteiger partial charge in [-0.2, -0.15) is 17.0 Å². The number of rotatable bonds is 4. The van der Waals surface area contributed by atoms with Gasteiger partial charge >= 0.3 is 0 Å². The van der Waals surface area contributed by atoms with E-state index < -0.39 is 10.2 Å². The molecule has 142 valence electrons. The maximum absolute atomic E-state index is 12.8. The molecule has 8 heteroatoms. The summed E-state index contributed by atoms with van der Waals surface area (Å²) in [6.45, 7) is 10.0. The fraction of sp³-hybridized carbons (Fsp3) is 1.00. The molecule has 0 aromatic carbocycles. The molecule has 1 unspecified atom stereocenters. The summed E-state index contributed by atoms with van der Waals surface area (Å²) < 4.78 is 29.1. The topological polar surface area (TPSA) is 55.9 Å². The predicted molar refractivity (Wildman–Crippen MR) is 99.8 cm³/mol. The van der Waals surface area contributed by atoms with E-state index in [9.17, 15) is 8.42 Å². The number of halogens is 1. The zero-order valence-electron chi connectivity index (χ0n) is 14.9. The first-order chi connectivity index (χ1) is 11.0. The third-order valence-corrected chi connectivity index (χ3v) is 7.65. The lowest BCUT2D eigenvalue weighted by Gasteiger charge is -2.39. The number of piperazine rings is 1. The summed E-state index contributed by atoms with van der Waals surface area (Å²) in [7, 11) is -3.25. The van der Waals surface area contributed by atoms with Crippen molar-refractivity contribution < 1.29 is 8.42 Å². The summed E-state index contributed by atoms with van der Waals surface area (Å²) in [4.78, 5) is 2.45. The first kappa shape index (κ1) is 20.4. The van der Waals surface area contributed by atoms with E-state index in [4.69, 9.17) is 0 Å². The Labute approximate surface area is 153 Å². The molecule has 3 saturated heterocycles. The monoisotopic (exact) mass is 380 g/mol. The molecule has 0 saturated carbocycles. The smallest absolute Gasteiger partial charge is 0.282 e. The maximum atomic E-state index is 12.8. The predicted octanol–water partition coefficient (Wildman–Crippen LogP) is 1.15. The molecular weight excluding hydrogens is 348 g/mol. The molecule has 0 bridgehead atoms. The third kappa shape index (κ3) is 4.83. The number of nitrogens with zero attached hydrogens (tertiary/aromatic N) is 3. The van der Waals surface area contributed by atoms with E-state index in [1.165, 1.54) is 6.42 Å². The lowest BCUT2D eigenvalue weighted by Crippen LogP contribution is -2.54. The van der Waals surface area contributed by atoms with Crippen LogP contribution in [0.4, 0.5) is 0 Å². The molecule has 3 fully saturated rings. The van der Waals surface area contributed by atoms with Crippen LogP contribution in [-0.2, 0) is 10.2 Å². The molecule has 3 heterocycles. The Bertz CT molecular complexity index is 480. The van der Waals surface area contributed by atoms with Gasteiger partial charge in [-0.1, -0.05) is 19.8 Å². The maximum Gasteiger partial charge on any atom is 0.282 e. The summed E-state index contributed by atoms with van der Waals surface area (Å²) in [5, 5.41) is 3.44. The quantitative estimate of drug-likeness (QED) is 0.794. The molecule has 1 N–H and O–H groups in total. The molecule has 0 amide bonds. The van der Waals surface area contributed by atoms with E-state index in [1.54, 1.807) is 8.61 Å². The average molecular weight is 381 g/mol. The van der Waals surface area contributed by atoms with Gasteiger partial charge in [-0.3, -0.25) is 0 Å². The minimum Gasteiger partial charge on any atom is -0.316 e. The summed E-state index contributed by atoms with van der Waals surface area (Å²) in [5.41, 5.74) is 0.353. The Kier molecular flexibility index (Phi) is 7.34. The van der Waals surface area contributed by atoms with E-state index in [-0.39, 0.29) is 12.4 Å². The number of hydrogen-bond acceptors (Lipinski definition) is 4. The van der Waals surface area contributed by atoms with Crippen LogP contribution in [0, 0.1) is 5.41 Å². The van der Waals surface area contributed by atoms with Crippen LogP contribution in [0.3, 0.4) is 0 Å². The molecule has 0 aliphatic carbocycles. The summed E-state index contributed by atoms with van der Waals surface area (Å²) >= 11 is 0. The van der Waals surface area contributed by atoms with Crippen molar-refractivity contribution in [3.05, 3.63) is 0 Å². The molecule has 3 aliphatic heterocycles. The van der Waals surface area contributed by atoms with Crippen LogP contribution in [0.2, 0.25) is 0 Å². The number of hydrogen-bond donors (Lipinski definition) is 1. The highest BCUT2D eigenvalue weighted by Crippen LogP contribution is 2.26. The van der Waals surface area contributed by atoms with Gasteiger partial charge in [0.1, 0.15) is 0 Å². The minimum absolute atomic E-state index is 0. The molecule has 6 nitrogen and oxygen atoms in total. The summed E-state index contributed by atoms with van der Waals surface area (Å²) in [6, 6.07) is 0. The molecule has 0 aromatic heterocycles. The van der Waals surface area contributed by atoms with Crippen LogP contribution < -0.4 is 5.32 Å². The van der Waals surface area contributed by atoms with Crippen molar-refractivity contribution in [2.24, 2.45) is 5.41 Å². The van der Waals surface area contributed by atoms with Crippen molar-refractivity contribution in [3.63, 3.8) is 0 Å². The van der Waals surface area contributed by atoms with Crippen molar-refractivity contribution in [1.29, 1.82) is 0 Å². The lowest BCUT2D eigenvalue weighted by molar-refractivity contribution is 0.129. The van der Waals surface area contributed by atoms with Crippen LogP contribution in [0.5, 0.6) is 0 Å². The molecule has 24 heavy (non-hydrogen) atoms. The fourth-order valence-corrected chi connectivity index (χ4v) is 5.77. The second kappa shape index (κ2) is 8.64. The van der Waals surface area contributed by atoms with Crippen LogP contribution in [-0.4, -0.2) is 80.8 Å². The third-order valence-electron chi connectivity index (χ3n) is 5.61. The SMILES string of the molecule is CC1(CN2CCN(S(=O)(=O)N3CCCCCC3)CC2)CCNC1.Cl. The van der Waals surface area contributed by atoms with Crippen LogP contribution in [0.15, 0.2) is 0 Å². The van der Waals surface area contributed by atoms with Gasteiger partial charge in [-0.05, 0) is 31.2 Å². The Balaban J connectivity index is 0.00000208. The molecule has 1 atom stereocenters. The van der Waals surface area contributed by atoms with Crippen molar-refractivity contribution in [1.82, 2.24) is 18.8 Å². The van der Waals surface area contributed by atoms with Crippen molar-refractivity contribution in [2.75, 3.05) is 58.9 Å². The van der Waals surface area contributed by atoms with Crippen LogP contribution in [0.25, 0.3) is 0 Å². The lowest BCUT2D eigenvalue weighted by atomic mass is 9.89. The number of nitrogens with one attached hydrogen (secondary N) is 1. The molecule has 3 aliphatic rings. The minimum atomic E-state index is -3.25. The van der Waals surface area contributed by atoms with E-state index >= 15 is 0 Å². The summed E-state index contributed by atoms with van der Waals surface area (Å²) in [5.74, 6) is 0. The summed E-state index contributed by atoms with van der Waals surface area (Å²) in [6.07, 6.45) is 5.55. The van der Waals surface area contributed by atoms with Gasteiger partial charge in [-0.25, -0.2) is 0 Å². The van der Waals surface area contributed by atoms with Crippen molar-refractivity contribution in [3.8, 4) is 0 Å². The van der Waals surface area contributed by atoms with Crippen LogP contribution in [0.1, 0.15) is 39.0 Å². The second-order valence-electron chi connectivity index (χ2n) is 7.73. The normalized spacial score (nSPS) is 31.5. The van der Waals surface area contributed by atoms with Crippen molar-refractivity contribution in [2.45, 2.75) is 39.0 Å². The zero-order valence-corrected chi connectivity index (χ0v) is 16.5. The highest BCUT2D eigenvalue weighted by Gasteiger charge is 2.35. The Hall–Kier alpha value is 0.0800. The van der Waals surface area contributed by atoms with Gasteiger partial charge in [0.05, 0.1) is 0 Å². The molecule has 3 rings (SSSR count). The van der Waals surface area contributed by atoms with Gasteiger partial charge in [0.15, 0.2) is 0 Å². The fourth-order valence-electron chi connectivity index (χ4n) is 4.10. The largest absolute Gasteiger partial charge is 0.316 e. The Morgan fingerprint density at radius 1 is 0.917 bits per heavy atom. The van der Waals surface area contributed by atoms with E-state index in [0.29, 0.717) is 31.6 Å². The first-order valence-corrected chi connectivity index (χ1v) is 10.6. The Morgan fingerprint density at radius 3 is 2.04 bits per heavy atom. The van der Waals surface area contributed by atoms with Gasteiger partial charge in [0.25, 0.3) is 10.2 Å².